The standard InChI is InChI=1S/C13H17N3O/c1-9-15-13-11(16(9)2)4-3-5-12(13)17-8-10-6-14-7-10/h3-5,10,14H,6-8H2,1-2H3. The molecule has 4 nitrogen and oxygen atoms in total. The van der Waals surface area contributed by atoms with Crippen LogP contribution in [0.4, 0.5) is 0 Å². The van der Waals surface area contributed by atoms with E-state index >= 15 is 0 Å². The first-order chi connectivity index (χ1) is 8.25. The summed E-state index contributed by atoms with van der Waals surface area (Å²) in [6.45, 7) is 4.93. The summed E-state index contributed by atoms with van der Waals surface area (Å²) in [6.07, 6.45) is 0. The average Bonchev–Trinajstić information content (AvgIpc) is 2.55. The summed E-state index contributed by atoms with van der Waals surface area (Å²) in [6, 6.07) is 6.10. The number of benzene rings is 1. The molecule has 0 spiro atoms. The number of aryl methyl sites for hydroxylation is 2. The number of imidazole rings is 1. The van der Waals surface area contributed by atoms with Gasteiger partial charge in [0.25, 0.3) is 0 Å². The molecule has 2 heterocycles. The Bertz CT molecular complexity index is 543. The molecule has 1 fully saturated rings. The highest BCUT2D eigenvalue weighted by Crippen LogP contribution is 2.25. The van der Waals surface area contributed by atoms with Gasteiger partial charge in [-0.25, -0.2) is 4.98 Å². The molecule has 1 saturated heterocycles. The van der Waals surface area contributed by atoms with Gasteiger partial charge in [-0.1, -0.05) is 6.07 Å². The third kappa shape index (κ3) is 1.78. The van der Waals surface area contributed by atoms with E-state index in [9.17, 15) is 0 Å². The van der Waals surface area contributed by atoms with E-state index in [1.54, 1.807) is 0 Å². The molecule has 90 valence electrons. The molecule has 0 aliphatic carbocycles. The Labute approximate surface area is 101 Å². The molecule has 0 unspecified atom stereocenters. The van der Waals surface area contributed by atoms with Crippen LogP contribution in [-0.2, 0) is 7.05 Å². The Morgan fingerprint density at radius 1 is 1.47 bits per heavy atom. The predicted molar refractivity (Wildman–Crippen MR) is 67.3 cm³/mol. The smallest absolute Gasteiger partial charge is 0.147 e. The lowest BCUT2D eigenvalue weighted by Gasteiger charge is -2.26. The molecular weight excluding hydrogens is 214 g/mol. The lowest BCUT2D eigenvalue weighted by Crippen LogP contribution is -2.45. The number of hydrogen-bond acceptors (Lipinski definition) is 3. The Balaban J connectivity index is 1.89. The van der Waals surface area contributed by atoms with Gasteiger partial charge in [-0.05, 0) is 19.1 Å². The van der Waals surface area contributed by atoms with Gasteiger partial charge in [0.1, 0.15) is 17.1 Å². The summed E-state index contributed by atoms with van der Waals surface area (Å²) >= 11 is 0. The topological polar surface area (TPSA) is 39.1 Å². The van der Waals surface area contributed by atoms with Crippen LogP contribution in [-0.4, -0.2) is 29.2 Å². The van der Waals surface area contributed by atoms with Crippen molar-refractivity contribution in [1.82, 2.24) is 14.9 Å². The number of fused-ring (bicyclic) bond motifs is 1. The van der Waals surface area contributed by atoms with E-state index in [0.29, 0.717) is 5.92 Å². The van der Waals surface area contributed by atoms with Crippen molar-refractivity contribution in [1.29, 1.82) is 0 Å². The molecule has 0 saturated carbocycles. The van der Waals surface area contributed by atoms with Crippen LogP contribution in [0.5, 0.6) is 5.75 Å². The zero-order chi connectivity index (χ0) is 11.8. The van der Waals surface area contributed by atoms with E-state index in [2.05, 4.69) is 20.9 Å². The van der Waals surface area contributed by atoms with E-state index in [4.69, 9.17) is 4.74 Å². The van der Waals surface area contributed by atoms with Crippen molar-refractivity contribution < 1.29 is 4.74 Å². The Kier molecular flexibility index (Phi) is 2.52. The van der Waals surface area contributed by atoms with Crippen molar-refractivity contribution in [3.63, 3.8) is 0 Å². The monoisotopic (exact) mass is 231 g/mol. The van der Waals surface area contributed by atoms with Crippen molar-refractivity contribution in [2.45, 2.75) is 6.92 Å². The van der Waals surface area contributed by atoms with Gasteiger partial charge in [0.2, 0.25) is 0 Å². The van der Waals surface area contributed by atoms with Gasteiger partial charge in [0.15, 0.2) is 0 Å². The lowest BCUT2D eigenvalue weighted by atomic mass is 10.1. The maximum Gasteiger partial charge on any atom is 0.147 e. The highest BCUT2D eigenvalue weighted by atomic mass is 16.5. The van der Waals surface area contributed by atoms with Gasteiger partial charge < -0.3 is 14.6 Å². The first-order valence-corrected chi connectivity index (χ1v) is 6.01. The van der Waals surface area contributed by atoms with Crippen molar-refractivity contribution in [3.05, 3.63) is 24.0 Å². The molecule has 17 heavy (non-hydrogen) atoms. The second-order valence-corrected chi connectivity index (χ2v) is 4.68. The Hall–Kier alpha value is -1.55. The minimum atomic E-state index is 0.648. The SMILES string of the molecule is Cc1nc2c(OCC3CNC3)cccc2n1C. The molecule has 0 bridgehead atoms. The summed E-state index contributed by atoms with van der Waals surface area (Å²) in [4.78, 5) is 4.56. The molecular formula is C13H17N3O. The Morgan fingerprint density at radius 3 is 3.00 bits per heavy atom. The fraction of sp³-hybridized carbons (Fsp3) is 0.462. The number of rotatable bonds is 3. The maximum absolute atomic E-state index is 5.88. The first kappa shape index (κ1) is 10.6. The van der Waals surface area contributed by atoms with Gasteiger partial charge in [0, 0.05) is 26.1 Å². The van der Waals surface area contributed by atoms with Gasteiger partial charge in [0.05, 0.1) is 12.1 Å². The van der Waals surface area contributed by atoms with Gasteiger partial charge in [-0.2, -0.15) is 0 Å². The number of para-hydroxylation sites is 1. The molecule has 0 radical (unpaired) electrons. The molecule has 1 aliphatic heterocycles. The average molecular weight is 231 g/mol. The van der Waals surface area contributed by atoms with Crippen LogP contribution in [0, 0.1) is 12.8 Å². The van der Waals surface area contributed by atoms with Crippen LogP contribution in [0.15, 0.2) is 18.2 Å². The van der Waals surface area contributed by atoms with E-state index < -0.39 is 0 Å². The summed E-state index contributed by atoms with van der Waals surface area (Å²) in [5.41, 5.74) is 2.10. The first-order valence-electron chi connectivity index (χ1n) is 6.01. The number of aromatic nitrogens is 2. The minimum absolute atomic E-state index is 0.648. The van der Waals surface area contributed by atoms with Gasteiger partial charge in [-0.15, -0.1) is 0 Å². The molecule has 2 aromatic rings. The molecule has 0 amide bonds. The highest BCUT2D eigenvalue weighted by molar-refractivity contribution is 5.82. The quantitative estimate of drug-likeness (QED) is 0.869. The zero-order valence-corrected chi connectivity index (χ0v) is 10.2. The number of ether oxygens (including phenoxy) is 1. The molecule has 1 aromatic carbocycles. The third-order valence-electron chi connectivity index (χ3n) is 3.44. The number of nitrogens with zero attached hydrogens (tertiary/aromatic N) is 2. The van der Waals surface area contributed by atoms with Crippen molar-refractivity contribution >= 4 is 11.0 Å². The molecule has 1 aliphatic rings. The lowest BCUT2D eigenvalue weighted by molar-refractivity contribution is 0.200. The molecule has 0 atom stereocenters. The summed E-state index contributed by atoms with van der Waals surface area (Å²) in [7, 11) is 2.03. The largest absolute Gasteiger partial charge is 0.491 e. The molecule has 1 N–H and O–H groups in total. The number of hydrogen-bond donors (Lipinski definition) is 1. The second-order valence-electron chi connectivity index (χ2n) is 4.68. The van der Waals surface area contributed by atoms with E-state index in [-0.39, 0.29) is 0 Å². The predicted octanol–water partition coefficient (Wildman–Crippen LogP) is 1.48. The van der Waals surface area contributed by atoms with Crippen LogP contribution in [0.1, 0.15) is 5.82 Å². The van der Waals surface area contributed by atoms with Crippen molar-refractivity contribution in [3.8, 4) is 5.75 Å². The van der Waals surface area contributed by atoms with E-state index in [1.807, 2.05) is 26.1 Å². The molecule has 4 heteroatoms. The van der Waals surface area contributed by atoms with Crippen LogP contribution in [0.25, 0.3) is 11.0 Å². The normalized spacial score (nSPS) is 16.1. The van der Waals surface area contributed by atoms with E-state index in [1.165, 1.54) is 0 Å². The van der Waals surface area contributed by atoms with Crippen molar-refractivity contribution in [2.75, 3.05) is 19.7 Å². The van der Waals surface area contributed by atoms with Crippen molar-refractivity contribution in [2.24, 2.45) is 13.0 Å². The summed E-state index contributed by atoms with van der Waals surface area (Å²) in [5.74, 6) is 2.56. The Morgan fingerprint density at radius 2 is 2.29 bits per heavy atom. The van der Waals surface area contributed by atoms with Gasteiger partial charge in [-0.3, -0.25) is 0 Å². The molecule has 3 rings (SSSR count). The van der Waals surface area contributed by atoms with E-state index in [0.717, 1.165) is 42.3 Å². The second kappa shape index (κ2) is 4.04. The fourth-order valence-corrected chi connectivity index (χ4v) is 2.10. The zero-order valence-electron chi connectivity index (χ0n) is 10.2. The third-order valence-corrected chi connectivity index (χ3v) is 3.44. The maximum atomic E-state index is 5.88. The highest BCUT2D eigenvalue weighted by Gasteiger charge is 2.18. The van der Waals surface area contributed by atoms with Crippen LogP contribution in [0.2, 0.25) is 0 Å². The fourth-order valence-electron chi connectivity index (χ4n) is 2.10. The summed E-state index contributed by atoms with van der Waals surface area (Å²) < 4.78 is 7.97. The van der Waals surface area contributed by atoms with Crippen LogP contribution in [0.3, 0.4) is 0 Å². The van der Waals surface area contributed by atoms with Crippen LogP contribution >= 0.6 is 0 Å². The minimum Gasteiger partial charge on any atom is -0.491 e. The van der Waals surface area contributed by atoms with Gasteiger partial charge >= 0.3 is 0 Å². The van der Waals surface area contributed by atoms with Crippen LogP contribution < -0.4 is 10.1 Å². The summed E-state index contributed by atoms with van der Waals surface area (Å²) in [5, 5.41) is 3.25. The molecule has 1 aromatic heterocycles. The number of nitrogens with one attached hydrogen (secondary N) is 1.